The number of methoxy groups -OCH3 is 1. The van der Waals surface area contributed by atoms with Gasteiger partial charge in [0.15, 0.2) is 0 Å². The number of rotatable bonds is 4. The van der Waals surface area contributed by atoms with Crippen LogP contribution in [0.1, 0.15) is 18.1 Å². The summed E-state index contributed by atoms with van der Waals surface area (Å²) in [7, 11) is 1.61. The van der Waals surface area contributed by atoms with Crippen LogP contribution in [0.2, 0.25) is 0 Å². The Morgan fingerprint density at radius 2 is 2.08 bits per heavy atom. The van der Waals surface area contributed by atoms with E-state index in [1.54, 1.807) is 7.11 Å². The van der Waals surface area contributed by atoms with E-state index in [0.29, 0.717) is 6.42 Å². The second-order valence-corrected chi connectivity index (χ2v) is 2.54. The van der Waals surface area contributed by atoms with E-state index in [0.717, 1.165) is 11.8 Å². The second-order valence-electron chi connectivity index (χ2n) is 2.54. The Bertz CT molecular complexity index is 231. The minimum Gasteiger partial charge on any atom is -0.376 e. The first-order chi connectivity index (χ1) is 5.88. The van der Waals surface area contributed by atoms with Gasteiger partial charge in [-0.05, 0) is 5.56 Å². The fourth-order valence-electron chi connectivity index (χ4n) is 1.12. The van der Waals surface area contributed by atoms with E-state index in [-0.39, 0.29) is 6.10 Å². The lowest BCUT2D eigenvalue weighted by atomic mass is 10.1. The molecule has 1 aromatic carbocycles. The first kappa shape index (κ1) is 8.94. The van der Waals surface area contributed by atoms with Gasteiger partial charge in [0.25, 0.3) is 0 Å². The first-order valence-electron chi connectivity index (χ1n) is 3.90. The largest absolute Gasteiger partial charge is 0.376 e. The molecule has 0 N–H and O–H groups in total. The quantitative estimate of drug-likeness (QED) is 0.636. The number of hydrogen-bond acceptors (Lipinski definition) is 2. The predicted octanol–water partition coefficient (Wildman–Crippen LogP) is 1.96. The van der Waals surface area contributed by atoms with Gasteiger partial charge in [0.05, 0.1) is 6.10 Å². The number of aldehydes is 1. The lowest BCUT2D eigenvalue weighted by Crippen LogP contribution is -2.01. The molecular formula is C10H12O2. The average molecular weight is 164 g/mol. The molecule has 0 aliphatic carbocycles. The van der Waals surface area contributed by atoms with Gasteiger partial charge < -0.3 is 9.53 Å². The van der Waals surface area contributed by atoms with Crippen molar-refractivity contribution in [1.82, 2.24) is 0 Å². The van der Waals surface area contributed by atoms with Crippen LogP contribution in [0.4, 0.5) is 0 Å². The third-order valence-corrected chi connectivity index (χ3v) is 1.77. The Hall–Kier alpha value is -1.15. The Labute approximate surface area is 72.2 Å². The lowest BCUT2D eigenvalue weighted by molar-refractivity contribution is -0.110. The molecule has 2 nitrogen and oxygen atoms in total. The molecule has 64 valence electrons. The highest BCUT2D eigenvalue weighted by Crippen LogP contribution is 2.18. The van der Waals surface area contributed by atoms with Crippen LogP contribution in [0, 0.1) is 0 Å². The molecule has 2 heteroatoms. The van der Waals surface area contributed by atoms with Crippen LogP contribution in [0.25, 0.3) is 0 Å². The Balaban J connectivity index is 2.72. The number of hydrogen-bond donors (Lipinski definition) is 0. The zero-order chi connectivity index (χ0) is 8.81. The molecule has 0 heterocycles. The van der Waals surface area contributed by atoms with Crippen molar-refractivity contribution in [2.45, 2.75) is 12.5 Å². The average Bonchev–Trinajstić information content (AvgIpc) is 2.15. The van der Waals surface area contributed by atoms with E-state index < -0.39 is 0 Å². The van der Waals surface area contributed by atoms with Crippen molar-refractivity contribution in [1.29, 1.82) is 0 Å². The number of ether oxygens (including phenoxy) is 1. The highest BCUT2D eigenvalue weighted by atomic mass is 16.5. The number of carbonyl (C=O) groups excluding carboxylic acids is 1. The molecule has 0 bridgehead atoms. The van der Waals surface area contributed by atoms with Crippen molar-refractivity contribution < 1.29 is 9.53 Å². The predicted molar refractivity (Wildman–Crippen MR) is 46.9 cm³/mol. The molecule has 0 unspecified atom stereocenters. The fraction of sp³-hybridized carbons (Fsp3) is 0.300. The van der Waals surface area contributed by atoms with E-state index in [1.165, 1.54) is 0 Å². The van der Waals surface area contributed by atoms with Gasteiger partial charge in [-0.25, -0.2) is 0 Å². The molecule has 0 aliphatic heterocycles. The van der Waals surface area contributed by atoms with Crippen molar-refractivity contribution in [2.75, 3.05) is 7.11 Å². The van der Waals surface area contributed by atoms with E-state index in [4.69, 9.17) is 4.74 Å². The van der Waals surface area contributed by atoms with Gasteiger partial charge >= 0.3 is 0 Å². The zero-order valence-corrected chi connectivity index (χ0v) is 7.07. The summed E-state index contributed by atoms with van der Waals surface area (Å²) in [5, 5.41) is 0. The molecule has 0 aromatic heterocycles. The van der Waals surface area contributed by atoms with Crippen LogP contribution in [0.15, 0.2) is 30.3 Å². The summed E-state index contributed by atoms with van der Waals surface area (Å²) >= 11 is 0. The van der Waals surface area contributed by atoms with Crippen LogP contribution in [-0.2, 0) is 9.53 Å². The maximum absolute atomic E-state index is 10.3. The molecule has 1 rings (SSSR count). The highest BCUT2D eigenvalue weighted by Gasteiger charge is 2.07. The second kappa shape index (κ2) is 4.67. The Morgan fingerprint density at radius 3 is 2.58 bits per heavy atom. The number of benzene rings is 1. The monoisotopic (exact) mass is 164 g/mol. The zero-order valence-electron chi connectivity index (χ0n) is 7.07. The summed E-state index contributed by atoms with van der Waals surface area (Å²) in [6, 6.07) is 9.73. The first-order valence-corrected chi connectivity index (χ1v) is 3.90. The molecule has 0 saturated carbocycles. The van der Waals surface area contributed by atoms with Crippen molar-refractivity contribution >= 4 is 6.29 Å². The Morgan fingerprint density at radius 1 is 1.42 bits per heavy atom. The SMILES string of the molecule is CO[C@H](CC=O)c1ccccc1. The van der Waals surface area contributed by atoms with E-state index in [1.807, 2.05) is 30.3 Å². The normalized spacial score (nSPS) is 12.4. The molecule has 0 saturated heterocycles. The minimum absolute atomic E-state index is 0.0938. The summed E-state index contributed by atoms with van der Waals surface area (Å²) in [5.74, 6) is 0. The van der Waals surface area contributed by atoms with Crippen molar-refractivity contribution in [3.63, 3.8) is 0 Å². The van der Waals surface area contributed by atoms with Crippen LogP contribution in [0.3, 0.4) is 0 Å². The van der Waals surface area contributed by atoms with Gasteiger partial charge in [0.2, 0.25) is 0 Å². The van der Waals surface area contributed by atoms with Gasteiger partial charge in [0.1, 0.15) is 6.29 Å². The van der Waals surface area contributed by atoms with Crippen molar-refractivity contribution in [3.05, 3.63) is 35.9 Å². The molecule has 0 aliphatic rings. The standard InChI is InChI=1S/C10H12O2/c1-12-10(7-8-11)9-5-3-2-4-6-9/h2-6,8,10H,7H2,1H3/t10-/m1/s1. The molecule has 1 aromatic rings. The third-order valence-electron chi connectivity index (χ3n) is 1.77. The van der Waals surface area contributed by atoms with Gasteiger partial charge in [-0.15, -0.1) is 0 Å². The summed E-state index contributed by atoms with van der Waals surface area (Å²) in [5.41, 5.74) is 1.05. The third kappa shape index (κ3) is 2.17. The van der Waals surface area contributed by atoms with Crippen LogP contribution >= 0.6 is 0 Å². The summed E-state index contributed by atoms with van der Waals surface area (Å²) in [6.07, 6.45) is 1.20. The smallest absolute Gasteiger partial charge is 0.122 e. The van der Waals surface area contributed by atoms with Gasteiger partial charge in [0, 0.05) is 13.5 Å². The molecule has 0 radical (unpaired) electrons. The van der Waals surface area contributed by atoms with Crippen LogP contribution in [0.5, 0.6) is 0 Å². The van der Waals surface area contributed by atoms with Crippen molar-refractivity contribution in [3.8, 4) is 0 Å². The molecular weight excluding hydrogens is 152 g/mol. The van der Waals surface area contributed by atoms with Gasteiger partial charge in [-0.3, -0.25) is 0 Å². The van der Waals surface area contributed by atoms with Crippen LogP contribution < -0.4 is 0 Å². The van der Waals surface area contributed by atoms with Crippen molar-refractivity contribution in [2.24, 2.45) is 0 Å². The van der Waals surface area contributed by atoms with E-state index >= 15 is 0 Å². The Kier molecular flexibility index (Phi) is 3.48. The van der Waals surface area contributed by atoms with Gasteiger partial charge in [-0.2, -0.15) is 0 Å². The fourth-order valence-corrected chi connectivity index (χ4v) is 1.12. The van der Waals surface area contributed by atoms with E-state index in [9.17, 15) is 4.79 Å². The number of carbonyl (C=O) groups is 1. The molecule has 0 amide bonds. The molecule has 0 fully saturated rings. The minimum atomic E-state index is -0.0938. The maximum Gasteiger partial charge on any atom is 0.122 e. The summed E-state index contributed by atoms with van der Waals surface area (Å²) in [6.45, 7) is 0. The summed E-state index contributed by atoms with van der Waals surface area (Å²) < 4.78 is 5.15. The highest BCUT2D eigenvalue weighted by molar-refractivity contribution is 5.51. The lowest BCUT2D eigenvalue weighted by Gasteiger charge is -2.11. The maximum atomic E-state index is 10.3. The molecule has 12 heavy (non-hydrogen) atoms. The van der Waals surface area contributed by atoms with Gasteiger partial charge in [-0.1, -0.05) is 30.3 Å². The molecule has 0 spiro atoms. The summed E-state index contributed by atoms with van der Waals surface area (Å²) in [4.78, 5) is 10.3. The van der Waals surface area contributed by atoms with Crippen LogP contribution in [-0.4, -0.2) is 13.4 Å². The molecule has 1 atom stereocenters. The topological polar surface area (TPSA) is 26.3 Å². The van der Waals surface area contributed by atoms with E-state index in [2.05, 4.69) is 0 Å².